The number of ether oxygens (including phenoxy) is 1. The highest BCUT2D eigenvalue weighted by Gasteiger charge is 2.19. The molecule has 1 saturated heterocycles. The average molecular weight is 335 g/mol. The molecule has 0 aromatic carbocycles. The van der Waals surface area contributed by atoms with Gasteiger partial charge < -0.3 is 9.72 Å². The van der Waals surface area contributed by atoms with E-state index < -0.39 is 0 Å². The van der Waals surface area contributed by atoms with Crippen molar-refractivity contribution >= 4 is 39.9 Å². The monoisotopic (exact) mass is 334 g/mol. The smallest absolute Gasteiger partial charge is 0.144 e. The highest BCUT2D eigenvalue weighted by atomic mass is 79.9. The highest BCUT2D eigenvalue weighted by Crippen LogP contribution is 2.37. The summed E-state index contributed by atoms with van der Waals surface area (Å²) in [5.41, 5.74) is 0.980. The molecule has 0 bridgehead atoms. The number of aromatic nitrogens is 2. The minimum absolute atomic E-state index is 0.453. The van der Waals surface area contributed by atoms with Crippen molar-refractivity contribution in [3.8, 4) is 0 Å². The van der Waals surface area contributed by atoms with Crippen LogP contribution in [0.15, 0.2) is 4.47 Å². The molecule has 2 rings (SSSR count). The number of aromatic amines is 1. The van der Waals surface area contributed by atoms with Crippen LogP contribution in [0.25, 0.3) is 0 Å². The van der Waals surface area contributed by atoms with E-state index in [9.17, 15) is 0 Å². The molecule has 17 heavy (non-hydrogen) atoms. The third-order valence-corrected chi connectivity index (χ3v) is 5.52. The Bertz CT molecular complexity index is 444. The lowest BCUT2D eigenvalue weighted by Crippen LogP contribution is -2.09. The van der Waals surface area contributed by atoms with Crippen LogP contribution in [0, 0.1) is 4.64 Å². The van der Waals surface area contributed by atoms with Crippen molar-refractivity contribution in [1.29, 1.82) is 0 Å². The van der Waals surface area contributed by atoms with Crippen molar-refractivity contribution < 1.29 is 4.74 Å². The maximum Gasteiger partial charge on any atom is 0.144 e. The summed E-state index contributed by atoms with van der Waals surface area (Å²) in [6, 6.07) is 0. The van der Waals surface area contributed by atoms with Crippen LogP contribution in [0.4, 0.5) is 0 Å². The molecule has 0 spiro atoms. The summed E-state index contributed by atoms with van der Waals surface area (Å²) in [5, 5.41) is 0.453. The highest BCUT2D eigenvalue weighted by molar-refractivity contribution is 9.10. The maximum atomic E-state index is 5.27. The largest absolute Gasteiger partial charge is 0.378 e. The zero-order chi connectivity index (χ0) is 12.3. The molecule has 0 amide bonds. The van der Waals surface area contributed by atoms with Gasteiger partial charge in [0, 0.05) is 7.11 Å². The Hall–Kier alpha value is 0.0900. The summed E-state index contributed by atoms with van der Waals surface area (Å²) >= 11 is 10.7. The SMILES string of the molecule is COCc1[nH]c(C2CCCCS2)nc(=S)c1Br. The Morgan fingerprint density at radius 3 is 3.06 bits per heavy atom. The molecule has 1 aromatic rings. The molecule has 1 N–H and O–H groups in total. The van der Waals surface area contributed by atoms with Gasteiger partial charge in [-0.15, -0.1) is 0 Å². The molecule has 0 radical (unpaired) electrons. The van der Waals surface area contributed by atoms with Gasteiger partial charge in [-0.25, -0.2) is 4.98 Å². The van der Waals surface area contributed by atoms with Crippen LogP contribution in [0.1, 0.15) is 36.0 Å². The molecule has 94 valence electrons. The van der Waals surface area contributed by atoms with Crippen molar-refractivity contribution in [2.24, 2.45) is 0 Å². The van der Waals surface area contributed by atoms with Crippen molar-refractivity contribution in [3.05, 3.63) is 20.6 Å². The van der Waals surface area contributed by atoms with E-state index in [0.717, 1.165) is 16.0 Å². The zero-order valence-corrected chi connectivity index (χ0v) is 12.9. The first-order valence-corrected chi connectivity index (χ1v) is 7.86. The van der Waals surface area contributed by atoms with Crippen LogP contribution in [0.5, 0.6) is 0 Å². The van der Waals surface area contributed by atoms with Gasteiger partial charge in [0.1, 0.15) is 10.5 Å². The van der Waals surface area contributed by atoms with E-state index in [1.165, 1.54) is 25.0 Å². The van der Waals surface area contributed by atoms with Gasteiger partial charge in [-0.2, -0.15) is 11.8 Å². The molecular weight excluding hydrogens is 320 g/mol. The fourth-order valence-electron chi connectivity index (χ4n) is 1.88. The maximum absolute atomic E-state index is 5.27. The first kappa shape index (κ1) is 13.5. The van der Waals surface area contributed by atoms with Crippen LogP contribution < -0.4 is 0 Å². The number of thioether (sulfide) groups is 1. The number of halogens is 1. The number of hydrogen-bond donors (Lipinski definition) is 1. The molecular formula is C11H15BrN2OS2. The van der Waals surface area contributed by atoms with E-state index in [4.69, 9.17) is 17.0 Å². The Morgan fingerprint density at radius 1 is 1.59 bits per heavy atom. The lowest BCUT2D eigenvalue weighted by atomic mass is 10.2. The minimum atomic E-state index is 0.453. The third kappa shape index (κ3) is 3.30. The van der Waals surface area contributed by atoms with Crippen LogP contribution in [0.2, 0.25) is 0 Å². The summed E-state index contributed by atoms with van der Waals surface area (Å²) in [6.07, 6.45) is 3.76. The number of methoxy groups -OCH3 is 1. The second kappa shape index (κ2) is 6.31. The Labute approximate surface area is 119 Å². The van der Waals surface area contributed by atoms with E-state index >= 15 is 0 Å². The molecule has 3 nitrogen and oxygen atoms in total. The number of nitrogens with zero attached hydrogens (tertiary/aromatic N) is 1. The summed E-state index contributed by atoms with van der Waals surface area (Å²) in [7, 11) is 1.68. The Balaban J connectivity index is 2.30. The molecule has 0 aliphatic carbocycles. The van der Waals surface area contributed by atoms with E-state index in [0.29, 0.717) is 16.5 Å². The lowest BCUT2D eigenvalue weighted by Gasteiger charge is -2.21. The van der Waals surface area contributed by atoms with Gasteiger partial charge in [-0.3, -0.25) is 0 Å². The fraction of sp³-hybridized carbons (Fsp3) is 0.636. The number of nitrogens with one attached hydrogen (secondary N) is 1. The minimum Gasteiger partial charge on any atom is -0.378 e. The van der Waals surface area contributed by atoms with Crippen LogP contribution in [-0.2, 0) is 11.3 Å². The normalized spacial score (nSPS) is 20.5. The number of hydrogen-bond acceptors (Lipinski definition) is 4. The fourth-order valence-corrected chi connectivity index (χ4v) is 3.66. The Kier molecular flexibility index (Phi) is 5.02. The lowest BCUT2D eigenvalue weighted by molar-refractivity contribution is 0.180. The van der Waals surface area contributed by atoms with E-state index in [2.05, 4.69) is 25.9 Å². The van der Waals surface area contributed by atoms with Gasteiger partial charge in [0.2, 0.25) is 0 Å². The van der Waals surface area contributed by atoms with Gasteiger partial charge in [0.25, 0.3) is 0 Å². The van der Waals surface area contributed by atoms with Gasteiger partial charge in [0.15, 0.2) is 0 Å². The van der Waals surface area contributed by atoms with Crippen molar-refractivity contribution in [2.45, 2.75) is 31.1 Å². The van der Waals surface area contributed by atoms with E-state index in [-0.39, 0.29) is 0 Å². The van der Waals surface area contributed by atoms with E-state index in [1.54, 1.807) is 7.11 Å². The standard InChI is InChI=1S/C11H15BrN2OS2/c1-15-6-7-9(12)11(16)14-10(13-7)8-4-2-3-5-17-8/h8H,2-6H2,1H3,(H,13,14,16). The van der Waals surface area contributed by atoms with Crippen molar-refractivity contribution in [2.75, 3.05) is 12.9 Å². The quantitative estimate of drug-likeness (QED) is 0.847. The second-order valence-corrected chi connectivity index (χ2v) is 6.50. The number of H-pyrrole nitrogens is 1. The second-order valence-electron chi connectivity index (χ2n) is 4.01. The molecule has 1 unspecified atom stereocenters. The van der Waals surface area contributed by atoms with E-state index in [1.807, 2.05) is 11.8 Å². The molecule has 1 fully saturated rings. The van der Waals surface area contributed by atoms with Gasteiger partial charge in [-0.05, 0) is 34.5 Å². The topological polar surface area (TPSA) is 37.9 Å². The Morgan fingerprint density at radius 2 is 2.41 bits per heavy atom. The summed E-state index contributed by atoms with van der Waals surface area (Å²) in [4.78, 5) is 7.83. The molecule has 1 aliphatic heterocycles. The first-order chi connectivity index (χ1) is 8.22. The first-order valence-electron chi connectivity index (χ1n) is 5.61. The molecule has 1 aliphatic rings. The van der Waals surface area contributed by atoms with Crippen LogP contribution in [-0.4, -0.2) is 22.8 Å². The summed E-state index contributed by atoms with van der Waals surface area (Å²) < 4.78 is 6.63. The van der Waals surface area contributed by atoms with Crippen molar-refractivity contribution in [3.63, 3.8) is 0 Å². The summed E-state index contributed by atoms with van der Waals surface area (Å²) in [5.74, 6) is 2.21. The van der Waals surface area contributed by atoms with Gasteiger partial charge in [-0.1, -0.05) is 18.6 Å². The zero-order valence-electron chi connectivity index (χ0n) is 9.66. The average Bonchev–Trinajstić information content (AvgIpc) is 2.36. The molecule has 1 atom stereocenters. The summed E-state index contributed by atoms with van der Waals surface area (Å²) in [6.45, 7) is 0.525. The van der Waals surface area contributed by atoms with Crippen molar-refractivity contribution in [1.82, 2.24) is 9.97 Å². The number of rotatable bonds is 3. The predicted molar refractivity (Wildman–Crippen MR) is 76.9 cm³/mol. The molecule has 2 heterocycles. The third-order valence-electron chi connectivity index (χ3n) is 2.73. The van der Waals surface area contributed by atoms with Crippen LogP contribution in [0.3, 0.4) is 0 Å². The van der Waals surface area contributed by atoms with Gasteiger partial charge >= 0.3 is 0 Å². The van der Waals surface area contributed by atoms with Crippen LogP contribution >= 0.6 is 39.9 Å². The molecule has 6 heteroatoms. The predicted octanol–water partition coefficient (Wildman–Crippen LogP) is 4.01. The van der Waals surface area contributed by atoms with Gasteiger partial charge in [0.05, 0.1) is 22.0 Å². The molecule has 1 aromatic heterocycles. The molecule has 0 saturated carbocycles.